The smallest absolute Gasteiger partial charge is 0.0606 e. The molecule has 1 N–H and O–H groups in total. The second-order valence-corrected chi connectivity index (χ2v) is 5.65. The van der Waals surface area contributed by atoms with Crippen molar-refractivity contribution in [3.05, 3.63) is 11.1 Å². The zero-order valence-electron chi connectivity index (χ0n) is 9.64. The molecule has 0 saturated heterocycles. The quantitative estimate of drug-likeness (QED) is 0.587. The summed E-state index contributed by atoms with van der Waals surface area (Å²) in [5.74, 6) is 0.397. The highest BCUT2D eigenvalue weighted by molar-refractivity contribution is 5.29. The summed E-state index contributed by atoms with van der Waals surface area (Å²) in [6.45, 7) is 6.89. The second-order valence-electron chi connectivity index (χ2n) is 5.65. The Labute approximate surface area is 87.2 Å². The van der Waals surface area contributed by atoms with E-state index < -0.39 is 0 Å². The first-order chi connectivity index (χ1) is 6.52. The molecule has 0 saturated carbocycles. The third-order valence-electron chi connectivity index (χ3n) is 4.16. The summed E-state index contributed by atoms with van der Waals surface area (Å²) in [5, 5.41) is 9.91. The molecular weight excluding hydrogens is 172 g/mol. The zero-order chi connectivity index (χ0) is 10.3. The van der Waals surface area contributed by atoms with Gasteiger partial charge in [0.15, 0.2) is 0 Å². The Bertz CT molecular complexity index is 262. The number of rotatable bonds is 0. The van der Waals surface area contributed by atoms with Crippen molar-refractivity contribution in [2.45, 2.75) is 59.0 Å². The van der Waals surface area contributed by atoms with Gasteiger partial charge in [-0.3, -0.25) is 0 Å². The second kappa shape index (κ2) is 3.37. The van der Waals surface area contributed by atoms with Crippen molar-refractivity contribution < 1.29 is 5.11 Å². The Morgan fingerprint density at radius 2 is 2.00 bits per heavy atom. The summed E-state index contributed by atoms with van der Waals surface area (Å²) < 4.78 is 0. The molecule has 0 aromatic heterocycles. The largest absolute Gasteiger partial charge is 0.393 e. The predicted octanol–water partition coefficient (Wildman–Crippen LogP) is 3.28. The van der Waals surface area contributed by atoms with Crippen molar-refractivity contribution in [2.24, 2.45) is 11.3 Å². The van der Waals surface area contributed by atoms with E-state index in [1.807, 2.05) is 0 Å². The third-order valence-corrected chi connectivity index (χ3v) is 4.16. The van der Waals surface area contributed by atoms with Gasteiger partial charge in [-0.25, -0.2) is 0 Å². The molecule has 2 rings (SSSR count). The van der Waals surface area contributed by atoms with Crippen molar-refractivity contribution in [1.82, 2.24) is 0 Å². The number of aliphatic hydroxyl groups excluding tert-OH is 1. The molecule has 0 aromatic carbocycles. The minimum Gasteiger partial charge on any atom is -0.393 e. The summed E-state index contributed by atoms with van der Waals surface area (Å²) in [7, 11) is 0. The molecule has 1 nitrogen and oxygen atoms in total. The van der Waals surface area contributed by atoms with Gasteiger partial charge in [0.05, 0.1) is 6.10 Å². The number of allylic oxidation sites excluding steroid dienone is 1. The van der Waals surface area contributed by atoms with Gasteiger partial charge >= 0.3 is 0 Å². The predicted molar refractivity (Wildman–Crippen MR) is 59.1 cm³/mol. The molecule has 0 aromatic rings. The molecule has 0 aliphatic heterocycles. The van der Waals surface area contributed by atoms with Crippen LogP contribution in [-0.4, -0.2) is 11.2 Å². The Balaban J connectivity index is 2.38. The molecule has 0 heterocycles. The minimum atomic E-state index is -0.0916. The first-order valence-corrected chi connectivity index (χ1v) is 5.93. The van der Waals surface area contributed by atoms with Gasteiger partial charge in [0.25, 0.3) is 0 Å². The first kappa shape index (κ1) is 10.2. The molecule has 2 aliphatic rings. The zero-order valence-corrected chi connectivity index (χ0v) is 9.64. The standard InChI is InChI=1S/C13H22O/c1-9-11(14)7-6-10-5-4-8-13(2,3)12(9)10/h9,11,14H,4-8H2,1-3H3. The van der Waals surface area contributed by atoms with Crippen LogP contribution in [0.4, 0.5) is 0 Å². The average molecular weight is 194 g/mol. The van der Waals surface area contributed by atoms with Crippen LogP contribution in [0, 0.1) is 11.3 Å². The number of hydrogen-bond acceptors (Lipinski definition) is 1. The summed E-state index contributed by atoms with van der Waals surface area (Å²) in [4.78, 5) is 0. The molecule has 0 fully saturated rings. The monoisotopic (exact) mass is 194 g/mol. The van der Waals surface area contributed by atoms with Crippen molar-refractivity contribution in [1.29, 1.82) is 0 Å². The third kappa shape index (κ3) is 1.52. The number of hydrogen-bond donors (Lipinski definition) is 1. The van der Waals surface area contributed by atoms with E-state index in [2.05, 4.69) is 20.8 Å². The lowest BCUT2D eigenvalue weighted by Gasteiger charge is -2.43. The van der Waals surface area contributed by atoms with Crippen LogP contribution in [0.1, 0.15) is 52.9 Å². The van der Waals surface area contributed by atoms with E-state index in [-0.39, 0.29) is 6.10 Å². The molecule has 2 atom stereocenters. The van der Waals surface area contributed by atoms with E-state index in [0.717, 1.165) is 12.8 Å². The molecule has 2 unspecified atom stereocenters. The van der Waals surface area contributed by atoms with Crippen molar-refractivity contribution in [2.75, 3.05) is 0 Å². The Morgan fingerprint density at radius 3 is 2.71 bits per heavy atom. The topological polar surface area (TPSA) is 20.2 Å². The van der Waals surface area contributed by atoms with E-state index in [4.69, 9.17) is 0 Å². The van der Waals surface area contributed by atoms with Crippen LogP contribution in [-0.2, 0) is 0 Å². The fourth-order valence-corrected chi connectivity index (χ4v) is 3.45. The molecule has 14 heavy (non-hydrogen) atoms. The maximum absolute atomic E-state index is 9.91. The Hall–Kier alpha value is -0.300. The van der Waals surface area contributed by atoms with Gasteiger partial charge in [0, 0.05) is 5.92 Å². The molecule has 80 valence electrons. The van der Waals surface area contributed by atoms with Gasteiger partial charge in [0.1, 0.15) is 0 Å². The van der Waals surface area contributed by atoms with E-state index in [1.165, 1.54) is 19.3 Å². The fourth-order valence-electron chi connectivity index (χ4n) is 3.45. The van der Waals surface area contributed by atoms with Gasteiger partial charge in [-0.1, -0.05) is 31.9 Å². The lowest BCUT2D eigenvalue weighted by Crippen LogP contribution is -2.34. The summed E-state index contributed by atoms with van der Waals surface area (Å²) in [6, 6.07) is 0. The van der Waals surface area contributed by atoms with E-state index in [0.29, 0.717) is 11.3 Å². The van der Waals surface area contributed by atoms with Gasteiger partial charge in [-0.15, -0.1) is 0 Å². The minimum absolute atomic E-state index is 0.0916. The van der Waals surface area contributed by atoms with Gasteiger partial charge < -0.3 is 5.11 Å². The van der Waals surface area contributed by atoms with Gasteiger partial charge in [-0.05, 0) is 37.5 Å². The summed E-state index contributed by atoms with van der Waals surface area (Å²) in [5.41, 5.74) is 3.59. The fraction of sp³-hybridized carbons (Fsp3) is 0.846. The normalized spacial score (nSPS) is 36.9. The number of aliphatic hydroxyl groups is 1. The Kier molecular flexibility index (Phi) is 2.46. The van der Waals surface area contributed by atoms with Crippen molar-refractivity contribution in [3.8, 4) is 0 Å². The maximum atomic E-state index is 9.91. The van der Waals surface area contributed by atoms with Gasteiger partial charge in [-0.2, -0.15) is 0 Å². The molecule has 0 bridgehead atoms. The van der Waals surface area contributed by atoms with Crippen molar-refractivity contribution in [3.63, 3.8) is 0 Å². The molecule has 0 spiro atoms. The van der Waals surface area contributed by atoms with Crippen LogP contribution in [0.25, 0.3) is 0 Å². The van der Waals surface area contributed by atoms with Crippen LogP contribution in [0.5, 0.6) is 0 Å². The maximum Gasteiger partial charge on any atom is 0.0606 e. The lowest BCUT2D eigenvalue weighted by atomic mass is 9.63. The lowest BCUT2D eigenvalue weighted by molar-refractivity contribution is 0.0970. The van der Waals surface area contributed by atoms with Crippen LogP contribution in [0.15, 0.2) is 11.1 Å². The van der Waals surface area contributed by atoms with Crippen molar-refractivity contribution >= 4 is 0 Å². The molecular formula is C13H22O. The van der Waals surface area contributed by atoms with Crippen LogP contribution in [0.3, 0.4) is 0 Å². The highest BCUT2D eigenvalue weighted by atomic mass is 16.3. The highest BCUT2D eigenvalue weighted by Crippen LogP contribution is 2.48. The van der Waals surface area contributed by atoms with Crippen LogP contribution in [0.2, 0.25) is 0 Å². The summed E-state index contributed by atoms with van der Waals surface area (Å²) in [6.07, 6.45) is 5.96. The van der Waals surface area contributed by atoms with Crippen LogP contribution >= 0.6 is 0 Å². The van der Waals surface area contributed by atoms with E-state index in [9.17, 15) is 5.11 Å². The average Bonchev–Trinajstić information content (AvgIpc) is 2.10. The molecule has 0 radical (unpaired) electrons. The van der Waals surface area contributed by atoms with E-state index >= 15 is 0 Å². The SMILES string of the molecule is CC1C2=C(CCCC2(C)C)CCC1O. The van der Waals surface area contributed by atoms with Gasteiger partial charge in [0.2, 0.25) is 0 Å². The van der Waals surface area contributed by atoms with E-state index in [1.54, 1.807) is 11.1 Å². The molecule has 2 aliphatic carbocycles. The summed E-state index contributed by atoms with van der Waals surface area (Å²) >= 11 is 0. The molecule has 0 amide bonds. The van der Waals surface area contributed by atoms with Crippen LogP contribution < -0.4 is 0 Å². The Morgan fingerprint density at radius 1 is 1.29 bits per heavy atom. The highest BCUT2D eigenvalue weighted by Gasteiger charge is 2.37. The first-order valence-electron chi connectivity index (χ1n) is 5.93. The molecule has 1 heteroatoms.